The van der Waals surface area contributed by atoms with Gasteiger partial charge in [-0.2, -0.15) is 0 Å². The minimum absolute atomic E-state index is 0.0757. The first-order valence-corrected chi connectivity index (χ1v) is 8.00. The highest BCUT2D eigenvalue weighted by atomic mass is 19.1. The largest absolute Gasteiger partial charge is 0.363 e. The van der Waals surface area contributed by atoms with Crippen LogP contribution in [0.2, 0.25) is 0 Å². The fourth-order valence-corrected chi connectivity index (χ4v) is 3.17. The molecule has 5 heteroatoms. The fraction of sp³-hybridized carbons (Fsp3) is 0.211. The molecule has 4 rings (SSSR count). The summed E-state index contributed by atoms with van der Waals surface area (Å²) in [5, 5.41) is 3.44. The van der Waals surface area contributed by atoms with E-state index < -0.39 is 0 Å². The van der Waals surface area contributed by atoms with E-state index in [0.717, 1.165) is 35.5 Å². The third-order valence-electron chi connectivity index (χ3n) is 4.28. The van der Waals surface area contributed by atoms with Gasteiger partial charge in [0.2, 0.25) is 0 Å². The molecular weight excluding hydrogens is 303 g/mol. The van der Waals surface area contributed by atoms with Crippen LogP contribution in [0.25, 0.3) is 11.4 Å². The van der Waals surface area contributed by atoms with E-state index in [1.807, 2.05) is 31.2 Å². The lowest BCUT2D eigenvalue weighted by Gasteiger charge is -2.16. The number of fused-ring (bicyclic) bond motifs is 1. The topological polar surface area (TPSA) is 50.7 Å². The number of aromatic nitrogens is 3. The minimum atomic E-state index is -0.197. The molecule has 0 amide bonds. The van der Waals surface area contributed by atoms with Gasteiger partial charge in [0, 0.05) is 29.7 Å². The molecule has 2 heterocycles. The maximum absolute atomic E-state index is 13.6. The lowest BCUT2D eigenvalue weighted by molar-refractivity contribution is 0.624. The van der Waals surface area contributed by atoms with E-state index in [9.17, 15) is 4.39 Å². The highest BCUT2D eigenvalue weighted by Gasteiger charge is 2.23. The fourth-order valence-electron chi connectivity index (χ4n) is 3.17. The van der Waals surface area contributed by atoms with Crippen LogP contribution in [0.5, 0.6) is 0 Å². The van der Waals surface area contributed by atoms with Crippen LogP contribution in [0.4, 0.5) is 10.2 Å². The van der Waals surface area contributed by atoms with E-state index in [2.05, 4.69) is 20.3 Å². The van der Waals surface area contributed by atoms with Crippen molar-refractivity contribution in [3.05, 3.63) is 71.4 Å². The maximum atomic E-state index is 13.6. The van der Waals surface area contributed by atoms with Gasteiger partial charge in [-0.05, 0) is 55.2 Å². The summed E-state index contributed by atoms with van der Waals surface area (Å²) >= 11 is 0. The molecule has 1 aliphatic rings. The predicted octanol–water partition coefficient (Wildman–Crippen LogP) is 4.09. The average Bonchev–Trinajstić information content (AvgIpc) is 2.97. The van der Waals surface area contributed by atoms with Crippen molar-refractivity contribution >= 4 is 5.82 Å². The molecular formula is C19H17FN4. The summed E-state index contributed by atoms with van der Waals surface area (Å²) in [6.07, 6.45) is 5.36. The lowest BCUT2D eigenvalue weighted by Crippen LogP contribution is -2.10. The number of aryl methyl sites for hydroxylation is 2. The van der Waals surface area contributed by atoms with Crippen molar-refractivity contribution < 1.29 is 4.39 Å². The molecule has 0 radical (unpaired) electrons. The number of hydrogen-bond acceptors (Lipinski definition) is 4. The quantitative estimate of drug-likeness (QED) is 0.790. The molecule has 0 fully saturated rings. The summed E-state index contributed by atoms with van der Waals surface area (Å²) in [5.74, 6) is 1.20. The monoisotopic (exact) mass is 320 g/mol. The SMILES string of the molecule is Cc1cc(NC2CCc3ccc(F)cc32)nc(-c2cccnc2)n1. The molecule has 120 valence electrons. The van der Waals surface area contributed by atoms with E-state index in [1.165, 1.54) is 11.6 Å². The van der Waals surface area contributed by atoms with Gasteiger partial charge in [0.05, 0.1) is 6.04 Å². The first-order valence-electron chi connectivity index (χ1n) is 8.00. The second-order valence-corrected chi connectivity index (χ2v) is 6.04. The molecule has 1 atom stereocenters. The zero-order valence-corrected chi connectivity index (χ0v) is 13.3. The number of pyridine rings is 1. The van der Waals surface area contributed by atoms with E-state index in [-0.39, 0.29) is 11.9 Å². The molecule has 3 aromatic rings. The Hall–Kier alpha value is -2.82. The number of hydrogen-bond donors (Lipinski definition) is 1. The Bertz CT molecular complexity index is 880. The predicted molar refractivity (Wildman–Crippen MR) is 91.1 cm³/mol. The van der Waals surface area contributed by atoms with Crippen LogP contribution in [0.1, 0.15) is 29.3 Å². The van der Waals surface area contributed by atoms with Crippen LogP contribution >= 0.6 is 0 Å². The van der Waals surface area contributed by atoms with Crippen LogP contribution < -0.4 is 5.32 Å². The van der Waals surface area contributed by atoms with E-state index in [1.54, 1.807) is 18.5 Å². The van der Waals surface area contributed by atoms with Gasteiger partial charge in [-0.15, -0.1) is 0 Å². The zero-order chi connectivity index (χ0) is 16.5. The Balaban J connectivity index is 1.65. The first-order chi connectivity index (χ1) is 11.7. The second-order valence-electron chi connectivity index (χ2n) is 6.04. The Morgan fingerprint density at radius 1 is 1.17 bits per heavy atom. The smallest absolute Gasteiger partial charge is 0.163 e. The van der Waals surface area contributed by atoms with Crippen molar-refractivity contribution in [3.63, 3.8) is 0 Å². The standard InChI is InChI=1S/C19H17FN4/c1-12-9-18(24-19(22-12)14-3-2-8-21-11-14)23-17-7-5-13-4-6-15(20)10-16(13)17/h2-4,6,8-11,17H,5,7H2,1H3,(H,22,23,24). The van der Waals surface area contributed by atoms with E-state index >= 15 is 0 Å². The number of halogens is 1. The van der Waals surface area contributed by atoms with Crippen LogP contribution in [0.3, 0.4) is 0 Å². The molecule has 1 aromatic carbocycles. The molecule has 1 N–H and O–H groups in total. The highest BCUT2D eigenvalue weighted by molar-refractivity contribution is 5.56. The Morgan fingerprint density at radius 3 is 2.92 bits per heavy atom. The zero-order valence-electron chi connectivity index (χ0n) is 13.3. The molecule has 4 nitrogen and oxygen atoms in total. The first kappa shape index (κ1) is 14.8. The van der Waals surface area contributed by atoms with Crippen molar-refractivity contribution in [2.45, 2.75) is 25.8 Å². The normalized spacial score (nSPS) is 16.0. The maximum Gasteiger partial charge on any atom is 0.163 e. The van der Waals surface area contributed by atoms with Crippen LogP contribution in [0.15, 0.2) is 48.8 Å². The summed E-state index contributed by atoms with van der Waals surface area (Å²) in [7, 11) is 0. The molecule has 24 heavy (non-hydrogen) atoms. The van der Waals surface area contributed by atoms with Crippen LogP contribution in [0, 0.1) is 12.7 Å². The Morgan fingerprint density at radius 2 is 2.08 bits per heavy atom. The Labute approximate surface area is 139 Å². The molecule has 1 unspecified atom stereocenters. The van der Waals surface area contributed by atoms with E-state index in [0.29, 0.717) is 5.82 Å². The van der Waals surface area contributed by atoms with Gasteiger partial charge in [0.15, 0.2) is 5.82 Å². The van der Waals surface area contributed by atoms with Gasteiger partial charge in [-0.1, -0.05) is 6.07 Å². The number of nitrogens with zero attached hydrogens (tertiary/aromatic N) is 3. The van der Waals surface area contributed by atoms with Crippen LogP contribution in [-0.2, 0) is 6.42 Å². The van der Waals surface area contributed by atoms with Crippen molar-refractivity contribution in [2.75, 3.05) is 5.32 Å². The number of benzene rings is 1. The lowest BCUT2D eigenvalue weighted by atomic mass is 10.1. The van der Waals surface area contributed by atoms with Gasteiger partial charge in [0.1, 0.15) is 11.6 Å². The minimum Gasteiger partial charge on any atom is -0.363 e. The highest BCUT2D eigenvalue weighted by Crippen LogP contribution is 2.34. The second kappa shape index (κ2) is 6.00. The third kappa shape index (κ3) is 2.85. The van der Waals surface area contributed by atoms with Crippen molar-refractivity contribution in [1.82, 2.24) is 15.0 Å². The van der Waals surface area contributed by atoms with Crippen molar-refractivity contribution in [3.8, 4) is 11.4 Å². The van der Waals surface area contributed by atoms with E-state index in [4.69, 9.17) is 0 Å². The molecule has 0 bridgehead atoms. The molecule has 2 aromatic heterocycles. The summed E-state index contributed by atoms with van der Waals surface area (Å²) in [4.78, 5) is 13.2. The summed E-state index contributed by atoms with van der Waals surface area (Å²) in [6, 6.07) is 10.8. The number of nitrogens with one attached hydrogen (secondary N) is 1. The van der Waals surface area contributed by atoms with Crippen molar-refractivity contribution in [2.24, 2.45) is 0 Å². The summed E-state index contributed by atoms with van der Waals surface area (Å²) in [6.45, 7) is 1.94. The third-order valence-corrected chi connectivity index (χ3v) is 4.28. The van der Waals surface area contributed by atoms with Crippen LogP contribution in [-0.4, -0.2) is 15.0 Å². The summed E-state index contributed by atoms with van der Waals surface area (Å²) in [5.41, 5.74) is 3.98. The number of rotatable bonds is 3. The molecule has 1 aliphatic carbocycles. The summed E-state index contributed by atoms with van der Waals surface area (Å²) < 4.78 is 13.6. The van der Waals surface area contributed by atoms with Gasteiger partial charge in [-0.3, -0.25) is 4.98 Å². The Kier molecular flexibility index (Phi) is 3.69. The van der Waals surface area contributed by atoms with Gasteiger partial charge in [0.25, 0.3) is 0 Å². The molecule has 0 saturated heterocycles. The van der Waals surface area contributed by atoms with Gasteiger partial charge >= 0.3 is 0 Å². The average molecular weight is 320 g/mol. The van der Waals surface area contributed by atoms with Gasteiger partial charge < -0.3 is 5.32 Å². The molecule has 0 spiro atoms. The number of anilines is 1. The van der Waals surface area contributed by atoms with Crippen molar-refractivity contribution in [1.29, 1.82) is 0 Å². The molecule has 0 aliphatic heterocycles. The molecule has 0 saturated carbocycles. The van der Waals surface area contributed by atoms with Gasteiger partial charge in [-0.25, -0.2) is 14.4 Å².